The van der Waals surface area contributed by atoms with Gasteiger partial charge < -0.3 is 29.9 Å². The van der Waals surface area contributed by atoms with Crippen molar-refractivity contribution < 1.29 is 49.1 Å². The van der Waals surface area contributed by atoms with Gasteiger partial charge in [0.15, 0.2) is 0 Å². The second-order valence-corrected chi connectivity index (χ2v) is 3.94. The van der Waals surface area contributed by atoms with Crippen molar-refractivity contribution in [2.45, 2.75) is 0 Å². The van der Waals surface area contributed by atoms with E-state index in [1.165, 1.54) is 0 Å². The number of carboxylic acid groups (broad SMARTS) is 3. The van der Waals surface area contributed by atoms with Crippen molar-refractivity contribution in [3.8, 4) is 0 Å². The molecule has 0 saturated heterocycles. The maximum atomic E-state index is 10.9. The molecule has 0 rings (SSSR count). The number of hydrogen-bond donors (Lipinski definition) is 6. The van der Waals surface area contributed by atoms with Crippen LogP contribution in [0, 0.1) is 0 Å². The Bertz CT molecular complexity index is 374. The van der Waals surface area contributed by atoms with Crippen LogP contribution in [0.1, 0.15) is 0 Å². The van der Waals surface area contributed by atoms with E-state index in [4.69, 9.17) is 25.2 Å². The molecule has 0 atom stereocenters. The van der Waals surface area contributed by atoms with Crippen LogP contribution in [0.5, 0.6) is 0 Å². The summed E-state index contributed by atoms with van der Waals surface area (Å²) < 4.78 is 9.50. The Morgan fingerprint density at radius 1 is 0.708 bits per heavy atom. The second kappa shape index (κ2) is 17.1. The zero-order chi connectivity index (χ0) is 18.8. The van der Waals surface area contributed by atoms with Gasteiger partial charge in [-0.05, 0) is 0 Å². The molecule has 0 aromatic heterocycles. The molecule has 24 heavy (non-hydrogen) atoms. The number of carboxylic acids is 3. The van der Waals surface area contributed by atoms with Gasteiger partial charge in [0.2, 0.25) is 0 Å². The third kappa shape index (κ3) is 24.7. The fourth-order valence-corrected chi connectivity index (χ4v) is 0.980. The van der Waals surface area contributed by atoms with E-state index >= 15 is 0 Å². The predicted molar refractivity (Wildman–Crippen MR) is 77.5 cm³/mol. The van der Waals surface area contributed by atoms with Crippen LogP contribution in [0.2, 0.25) is 0 Å². The van der Waals surface area contributed by atoms with E-state index < -0.39 is 23.9 Å². The van der Waals surface area contributed by atoms with Gasteiger partial charge in [-0.15, -0.1) is 0 Å². The maximum Gasteiger partial charge on any atom is 0.320 e. The lowest BCUT2D eigenvalue weighted by Crippen LogP contribution is -2.30. The monoisotopic (exact) mass is 354 g/mol. The number of rotatable bonds is 13. The quantitative estimate of drug-likeness (QED) is 0.145. The Balaban J connectivity index is 0. The van der Waals surface area contributed by atoms with Gasteiger partial charge in [0.1, 0.15) is 6.61 Å². The van der Waals surface area contributed by atoms with Crippen LogP contribution in [0.3, 0.4) is 0 Å². The van der Waals surface area contributed by atoms with Gasteiger partial charge in [-0.3, -0.25) is 29.8 Å². The van der Waals surface area contributed by atoms with Crippen LogP contribution in [0.15, 0.2) is 0 Å². The summed E-state index contributed by atoms with van der Waals surface area (Å²) >= 11 is 0. The Morgan fingerprint density at radius 3 is 1.58 bits per heavy atom. The molecular weight excluding hydrogens is 332 g/mol. The Morgan fingerprint density at radius 2 is 1.17 bits per heavy atom. The van der Waals surface area contributed by atoms with Crippen LogP contribution in [0.4, 0.5) is 0 Å². The number of carbonyl (C=O) groups excluding carboxylic acids is 1. The fourth-order valence-electron chi connectivity index (χ4n) is 0.980. The van der Waals surface area contributed by atoms with Gasteiger partial charge in [0.05, 0.1) is 46.0 Å². The molecule has 0 fully saturated rings. The lowest BCUT2D eigenvalue weighted by Gasteiger charge is -2.05. The highest BCUT2D eigenvalue weighted by Crippen LogP contribution is 1.80. The van der Waals surface area contributed by atoms with E-state index in [1.54, 1.807) is 0 Å². The van der Waals surface area contributed by atoms with Crippen molar-refractivity contribution in [3.05, 3.63) is 0 Å². The average molecular weight is 354 g/mol. The summed E-state index contributed by atoms with van der Waals surface area (Å²) in [5.41, 5.74) is 0. The average Bonchev–Trinajstić information content (AvgIpc) is 2.46. The van der Waals surface area contributed by atoms with Crippen LogP contribution in [-0.4, -0.2) is 96.9 Å². The highest BCUT2D eigenvalue weighted by molar-refractivity contribution is 5.74. The van der Waals surface area contributed by atoms with Gasteiger partial charge >= 0.3 is 23.9 Å². The SMILES string of the molecule is O=C(O)CNCC(=O)O.O=C(O)CNCC(=O)OCCOCCO. The summed E-state index contributed by atoms with van der Waals surface area (Å²) in [4.78, 5) is 40.4. The second-order valence-electron chi connectivity index (χ2n) is 3.94. The van der Waals surface area contributed by atoms with E-state index in [0.717, 1.165) is 0 Å². The number of ether oxygens (including phenoxy) is 2. The fraction of sp³-hybridized carbons (Fsp3) is 0.667. The highest BCUT2D eigenvalue weighted by atomic mass is 16.6. The molecule has 0 saturated carbocycles. The van der Waals surface area contributed by atoms with Crippen molar-refractivity contribution in [2.75, 3.05) is 52.6 Å². The summed E-state index contributed by atoms with van der Waals surface area (Å²) in [5, 5.41) is 37.1. The number of carbonyl (C=O) groups is 4. The van der Waals surface area contributed by atoms with Gasteiger partial charge in [0.25, 0.3) is 0 Å². The smallest absolute Gasteiger partial charge is 0.320 e. The van der Waals surface area contributed by atoms with Gasteiger partial charge in [0, 0.05) is 0 Å². The summed E-state index contributed by atoms with van der Waals surface area (Å²) in [6.07, 6.45) is 0. The molecule has 0 aliphatic rings. The first-order valence-corrected chi connectivity index (χ1v) is 6.70. The van der Waals surface area contributed by atoms with E-state index in [0.29, 0.717) is 0 Å². The zero-order valence-electron chi connectivity index (χ0n) is 12.9. The minimum Gasteiger partial charge on any atom is -0.480 e. The molecule has 0 amide bonds. The summed E-state index contributed by atoms with van der Waals surface area (Å²) in [6, 6.07) is 0. The van der Waals surface area contributed by atoms with Crippen molar-refractivity contribution in [1.82, 2.24) is 10.6 Å². The summed E-state index contributed by atoms with van der Waals surface area (Å²) in [6.45, 7) is -0.622. The molecule has 140 valence electrons. The first kappa shape index (κ1) is 24.0. The van der Waals surface area contributed by atoms with Crippen molar-refractivity contribution in [2.24, 2.45) is 0 Å². The molecule has 0 unspecified atom stereocenters. The first-order valence-electron chi connectivity index (χ1n) is 6.70. The number of nitrogens with one attached hydrogen (secondary N) is 2. The number of aliphatic carboxylic acids is 3. The minimum absolute atomic E-state index is 0.0753. The van der Waals surface area contributed by atoms with E-state index in [9.17, 15) is 19.2 Å². The topological polar surface area (TPSA) is 192 Å². The van der Waals surface area contributed by atoms with E-state index in [2.05, 4.69) is 15.4 Å². The standard InChI is InChI=1S/C8H15NO6.C4H7NO4/c10-1-2-14-3-4-15-8(13)6-9-5-7(11)12;6-3(7)1-5-2-4(8)9/h9-10H,1-6H2,(H,11,12);5H,1-2H2,(H,6,7)(H,8,9). The van der Waals surface area contributed by atoms with E-state index in [-0.39, 0.29) is 52.6 Å². The highest BCUT2D eigenvalue weighted by Gasteiger charge is 2.03. The van der Waals surface area contributed by atoms with Crippen LogP contribution in [-0.2, 0) is 28.7 Å². The molecule has 0 aliphatic heterocycles. The Labute approximate surface area is 137 Å². The molecule has 6 N–H and O–H groups in total. The molecule has 0 radical (unpaired) electrons. The van der Waals surface area contributed by atoms with Crippen molar-refractivity contribution in [3.63, 3.8) is 0 Å². The molecule has 12 heteroatoms. The largest absolute Gasteiger partial charge is 0.480 e. The Kier molecular flexibility index (Phi) is 17.1. The molecule has 0 heterocycles. The molecule has 0 spiro atoms. The van der Waals surface area contributed by atoms with E-state index in [1.807, 2.05) is 0 Å². The van der Waals surface area contributed by atoms with Gasteiger partial charge in [-0.1, -0.05) is 0 Å². The van der Waals surface area contributed by atoms with Gasteiger partial charge in [-0.2, -0.15) is 0 Å². The van der Waals surface area contributed by atoms with Gasteiger partial charge in [-0.25, -0.2) is 0 Å². The maximum absolute atomic E-state index is 10.9. The molecule has 12 nitrogen and oxygen atoms in total. The number of aliphatic hydroxyl groups is 1. The molecule has 0 aromatic carbocycles. The number of aliphatic hydroxyl groups excluding tert-OH is 1. The van der Waals surface area contributed by atoms with Crippen molar-refractivity contribution >= 4 is 23.9 Å². The van der Waals surface area contributed by atoms with Crippen molar-refractivity contribution in [1.29, 1.82) is 0 Å². The Hall–Kier alpha value is -2.28. The van der Waals surface area contributed by atoms with Crippen LogP contribution < -0.4 is 10.6 Å². The zero-order valence-corrected chi connectivity index (χ0v) is 12.9. The normalized spacial score (nSPS) is 9.54. The number of esters is 1. The molecule has 0 aromatic rings. The molecule has 0 aliphatic carbocycles. The lowest BCUT2D eigenvalue weighted by molar-refractivity contribution is -0.144. The summed E-state index contributed by atoms with van der Waals surface area (Å²) in [7, 11) is 0. The van der Waals surface area contributed by atoms with Crippen LogP contribution in [0.25, 0.3) is 0 Å². The first-order chi connectivity index (χ1) is 11.3. The third-order valence-electron chi connectivity index (χ3n) is 1.82. The molecule has 0 bridgehead atoms. The minimum atomic E-state index is -1.06. The predicted octanol–water partition coefficient (Wildman–Crippen LogP) is -3.04. The van der Waals surface area contributed by atoms with Crippen LogP contribution >= 0.6 is 0 Å². The lowest BCUT2D eigenvalue weighted by atomic mass is 10.6. The molecular formula is C12H22N2O10. The summed E-state index contributed by atoms with van der Waals surface area (Å²) in [5.74, 6) is -3.69. The third-order valence-corrected chi connectivity index (χ3v) is 1.82. The number of hydrogen-bond acceptors (Lipinski definition) is 9.